The van der Waals surface area contributed by atoms with Gasteiger partial charge < -0.3 is 5.11 Å². The molecule has 3 rings (SSSR count). The number of fused-ring (bicyclic) bond motifs is 1. The quantitative estimate of drug-likeness (QED) is 0.269. The van der Waals surface area contributed by atoms with E-state index < -0.39 is 0 Å². The first-order chi connectivity index (χ1) is 11.7. The van der Waals surface area contributed by atoms with E-state index in [0.717, 1.165) is 33.3 Å². The molecule has 2 N–H and O–H groups in total. The molecule has 0 saturated heterocycles. The second-order valence-electron chi connectivity index (χ2n) is 5.03. The molecule has 7 heteroatoms. The first kappa shape index (κ1) is 16.4. The van der Waals surface area contributed by atoms with Gasteiger partial charge in [0.05, 0.1) is 17.7 Å². The number of hydrogen-bond donors (Lipinski definition) is 2. The largest absolute Gasteiger partial charge is 0.506 e. The van der Waals surface area contributed by atoms with Crippen LogP contribution in [0.4, 0.5) is 11.4 Å². The zero-order chi connectivity index (χ0) is 16.9. The Kier molecular flexibility index (Phi) is 5.07. The molecule has 0 heterocycles. The molecule has 0 unspecified atom stereocenters. The maximum absolute atomic E-state index is 10.1. The van der Waals surface area contributed by atoms with E-state index in [2.05, 4.69) is 19.6 Å². The van der Waals surface area contributed by atoms with Gasteiger partial charge in [-0.3, -0.25) is 0 Å². The number of phenols is 1. The fraction of sp³-hybridized carbons (Fsp3) is 0.0588. The van der Waals surface area contributed by atoms with Crippen molar-refractivity contribution in [1.82, 2.24) is 0 Å². The predicted octanol–water partition coefficient (Wildman–Crippen LogP) is 5.70. The summed E-state index contributed by atoms with van der Waals surface area (Å²) in [5.74, 6) is 0.0794. The standard InChI is InChI=1S/C17H14N2O4S/c1-11-10-13(24-23-22-21)7-8-15(11)18-19-17-14-5-3-2-4-12(14)6-9-16(17)20/h2-10,20-21H,1H3/b19-18+. The summed E-state index contributed by atoms with van der Waals surface area (Å²) >= 11 is 0.878. The van der Waals surface area contributed by atoms with Crippen molar-refractivity contribution in [3.05, 3.63) is 60.2 Å². The molecule has 0 bridgehead atoms. The van der Waals surface area contributed by atoms with Crippen LogP contribution >= 0.6 is 12.0 Å². The average Bonchev–Trinajstić information content (AvgIpc) is 2.60. The van der Waals surface area contributed by atoms with Crippen LogP contribution in [0, 0.1) is 6.92 Å². The summed E-state index contributed by atoms with van der Waals surface area (Å²) in [6.45, 7) is 1.88. The molecule has 0 aliphatic heterocycles. The molecular formula is C17H14N2O4S. The van der Waals surface area contributed by atoms with Gasteiger partial charge in [-0.1, -0.05) is 35.4 Å². The molecular weight excluding hydrogens is 328 g/mol. The van der Waals surface area contributed by atoms with Gasteiger partial charge in [-0.15, -0.1) is 9.45 Å². The Balaban J connectivity index is 1.93. The van der Waals surface area contributed by atoms with Crippen LogP contribution in [0.3, 0.4) is 0 Å². The number of benzene rings is 3. The smallest absolute Gasteiger partial charge is 0.143 e. The highest BCUT2D eigenvalue weighted by Gasteiger charge is 2.07. The molecule has 24 heavy (non-hydrogen) atoms. The lowest BCUT2D eigenvalue weighted by molar-refractivity contribution is -0.432. The first-order valence-electron chi connectivity index (χ1n) is 7.07. The van der Waals surface area contributed by atoms with Crippen molar-refractivity contribution in [3.63, 3.8) is 0 Å². The lowest BCUT2D eigenvalue weighted by Gasteiger charge is -2.05. The number of azo groups is 1. The van der Waals surface area contributed by atoms with E-state index in [0.29, 0.717) is 11.4 Å². The molecule has 6 nitrogen and oxygen atoms in total. The fourth-order valence-electron chi connectivity index (χ4n) is 2.30. The van der Waals surface area contributed by atoms with E-state index in [1.807, 2.05) is 43.3 Å². The van der Waals surface area contributed by atoms with Gasteiger partial charge in [0.1, 0.15) is 11.4 Å². The third-order valence-corrected chi connectivity index (χ3v) is 4.04. The van der Waals surface area contributed by atoms with E-state index in [1.54, 1.807) is 18.2 Å². The zero-order valence-electron chi connectivity index (χ0n) is 12.7. The van der Waals surface area contributed by atoms with Crippen molar-refractivity contribution < 1.29 is 19.7 Å². The molecule has 122 valence electrons. The second-order valence-corrected chi connectivity index (χ2v) is 5.80. The van der Waals surface area contributed by atoms with Gasteiger partial charge in [0.25, 0.3) is 0 Å². The zero-order valence-corrected chi connectivity index (χ0v) is 13.5. The van der Waals surface area contributed by atoms with Crippen LogP contribution in [0.1, 0.15) is 5.56 Å². The Morgan fingerprint density at radius 2 is 1.83 bits per heavy atom. The highest BCUT2D eigenvalue weighted by Crippen LogP contribution is 2.36. The lowest BCUT2D eigenvalue weighted by Crippen LogP contribution is -1.81. The minimum Gasteiger partial charge on any atom is -0.506 e. The second kappa shape index (κ2) is 7.41. The summed E-state index contributed by atoms with van der Waals surface area (Å²) in [5, 5.41) is 32.1. The van der Waals surface area contributed by atoms with Gasteiger partial charge in [0.2, 0.25) is 0 Å². The number of aryl methyl sites for hydroxylation is 1. The third-order valence-electron chi connectivity index (χ3n) is 3.47. The van der Waals surface area contributed by atoms with Crippen LogP contribution in [0.25, 0.3) is 10.8 Å². The van der Waals surface area contributed by atoms with Crippen molar-refractivity contribution in [2.24, 2.45) is 10.2 Å². The summed E-state index contributed by atoms with van der Waals surface area (Å²) in [5.41, 5.74) is 1.96. The SMILES string of the molecule is Cc1cc(SOOO)ccc1/N=N/c1c(O)ccc2ccccc12. The molecule has 0 aromatic heterocycles. The maximum Gasteiger partial charge on any atom is 0.143 e. The van der Waals surface area contributed by atoms with Crippen molar-refractivity contribution in [3.8, 4) is 5.75 Å². The summed E-state index contributed by atoms with van der Waals surface area (Å²) in [4.78, 5) is 0.744. The number of phenolic OH excluding ortho intramolecular Hbond substituents is 1. The van der Waals surface area contributed by atoms with E-state index in [9.17, 15) is 5.11 Å². The molecule has 3 aromatic carbocycles. The third kappa shape index (κ3) is 3.55. The average molecular weight is 342 g/mol. The summed E-state index contributed by atoms with van der Waals surface area (Å²) < 4.78 is 4.39. The number of rotatable bonds is 5. The Hall–Kier alpha value is -2.45. The van der Waals surface area contributed by atoms with E-state index in [-0.39, 0.29) is 5.75 Å². The molecule has 0 spiro atoms. The molecule has 3 aromatic rings. The van der Waals surface area contributed by atoms with Crippen LogP contribution in [0.15, 0.2) is 69.7 Å². The van der Waals surface area contributed by atoms with Crippen LogP contribution in [-0.2, 0) is 9.37 Å². The molecule has 0 atom stereocenters. The van der Waals surface area contributed by atoms with Crippen LogP contribution in [0.2, 0.25) is 0 Å². The molecule has 0 aliphatic carbocycles. The molecule has 0 aliphatic rings. The Morgan fingerprint density at radius 3 is 2.62 bits per heavy atom. The van der Waals surface area contributed by atoms with Crippen molar-refractivity contribution >= 4 is 34.2 Å². The number of aromatic hydroxyl groups is 1. The summed E-state index contributed by atoms with van der Waals surface area (Å²) in [7, 11) is 0. The normalized spacial score (nSPS) is 11.4. The molecule has 0 amide bonds. The Labute approximate surface area is 142 Å². The Morgan fingerprint density at radius 1 is 1.00 bits per heavy atom. The lowest BCUT2D eigenvalue weighted by atomic mass is 10.1. The molecule has 0 fully saturated rings. The predicted molar refractivity (Wildman–Crippen MR) is 91.6 cm³/mol. The van der Waals surface area contributed by atoms with Gasteiger partial charge in [0, 0.05) is 10.3 Å². The minimum absolute atomic E-state index is 0.0794. The van der Waals surface area contributed by atoms with Crippen LogP contribution < -0.4 is 0 Å². The van der Waals surface area contributed by atoms with Crippen LogP contribution in [-0.4, -0.2) is 10.4 Å². The summed E-state index contributed by atoms with van der Waals surface area (Å²) in [6.07, 6.45) is 0. The van der Waals surface area contributed by atoms with Crippen molar-refractivity contribution in [2.45, 2.75) is 11.8 Å². The van der Waals surface area contributed by atoms with Gasteiger partial charge in [-0.05, 0) is 42.1 Å². The molecule has 0 radical (unpaired) electrons. The highest BCUT2D eigenvalue weighted by atomic mass is 32.2. The van der Waals surface area contributed by atoms with Gasteiger partial charge in [-0.25, -0.2) is 5.26 Å². The topological polar surface area (TPSA) is 83.6 Å². The van der Waals surface area contributed by atoms with E-state index in [4.69, 9.17) is 5.26 Å². The first-order valence-corrected chi connectivity index (χ1v) is 7.81. The van der Waals surface area contributed by atoms with E-state index >= 15 is 0 Å². The van der Waals surface area contributed by atoms with E-state index in [1.165, 1.54) is 0 Å². The number of nitrogens with zero attached hydrogens (tertiary/aromatic N) is 2. The highest BCUT2D eigenvalue weighted by molar-refractivity contribution is 7.94. The summed E-state index contributed by atoms with van der Waals surface area (Å²) in [6, 6.07) is 16.5. The van der Waals surface area contributed by atoms with Crippen LogP contribution in [0.5, 0.6) is 5.75 Å². The number of hydrogen-bond acceptors (Lipinski definition) is 7. The van der Waals surface area contributed by atoms with Crippen molar-refractivity contribution in [2.75, 3.05) is 0 Å². The molecule has 0 saturated carbocycles. The fourth-order valence-corrected chi connectivity index (χ4v) is 2.76. The van der Waals surface area contributed by atoms with Gasteiger partial charge >= 0.3 is 0 Å². The van der Waals surface area contributed by atoms with Gasteiger partial charge in [-0.2, -0.15) is 5.11 Å². The van der Waals surface area contributed by atoms with Crippen molar-refractivity contribution in [1.29, 1.82) is 0 Å². The Bertz CT molecular complexity index is 899. The monoisotopic (exact) mass is 342 g/mol. The maximum atomic E-state index is 10.1. The minimum atomic E-state index is 0.0794. The van der Waals surface area contributed by atoms with Gasteiger partial charge in [0.15, 0.2) is 0 Å².